The summed E-state index contributed by atoms with van der Waals surface area (Å²) >= 11 is 0.515. The summed E-state index contributed by atoms with van der Waals surface area (Å²) in [7, 11) is 0. The summed E-state index contributed by atoms with van der Waals surface area (Å²) in [6.45, 7) is -0.00975. The van der Waals surface area contributed by atoms with E-state index in [0.29, 0.717) is 11.8 Å². The second kappa shape index (κ2) is 3.14. The van der Waals surface area contributed by atoms with Gasteiger partial charge in [0.1, 0.15) is 0 Å². The van der Waals surface area contributed by atoms with Gasteiger partial charge in [-0.2, -0.15) is 13.2 Å². The molecule has 1 amide bonds. The Labute approximate surface area is 70.9 Å². The molecule has 12 heavy (non-hydrogen) atoms. The van der Waals surface area contributed by atoms with Crippen molar-refractivity contribution in [3.05, 3.63) is 0 Å². The van der Waals surface area contributed by atoms with Crippen LogP contribution in [-0.2, 0) is 4.79 Å². The van der Waals surface area contributed by atoms with E-state index in [2.05, 4.69) is 5.32 Å². The predicted molar refractivity (Wildman–Crippen MR) is 38.4 cm³/mol. The second-order valence-electron chi connectivity index (χ2n) is 2.36. The zero-order chi connectivity index (χ0) is 9.35. The largest absolute Gasteiger partial charge is 0.413 e. The maximum atomic E-state index is 12.0. The van der Waals surface area contributed by atoms with E-state index in [1.807, 2.05) is 0 Å². The standard InChI is InChI=1S/C5H7F3N2OS/c6-5(7,8)4-10-1-2(12-4)3(9)11/h2,4,10H,1H2,(H2,9,11). The molecule has 0 aromatic carbocycles. The summed E-state index contributed by atoms with van der Waals surface area (Å²) in [6.07, 6.45) is -4.31. The molecular weight excluding hydrogens is 193 g/mol. The van der Waals surface area contributed by atoms with Gasteiger partial charge in [-0.1, -0.05) is 0 Å². The summed E-state index contributed by atoms with van der Waals surface area (Å²) < 4.78 is 35.9. The Kier molecular flexibility index (Phi) is 2.52. The number of primary amides is 1. The van der Waals surface area contributed by atoms with Crippen molar-refractivity contribution in [2.75, 3.05) is 6.54 Å². The second-order valence-corrected chi connectivity index (χ2v) is 3.67. The fourth-order valence-corrected chi connectivity index (χ4v) is 1.84. The molecule has 1 rings (SSSR count). The van der Waals surface area contributed by atoms with Gasteiger partial charge in [-0.25, -0.2) is 0 Å². The lowest BCUT2D eigenvalue weighted by Gasteiger charge is -2.13. The zero-order valence-electron chi connectivity index (χ0n) is 5.89. The normalized spacial score (nSPS) is 30.6. The van der Waals surface area contributed by atoms with Gasteiger partial charge in [0, 0.05) is 6.54 Å². The highest BCUT2D eigenvalue weighted by molar-refractivity contribution is 8.01. The maximum absolute atomic E-state index is 12.0. The smallest absolute Gasteiger partial charge is 0.369 e. The molecule has 1 aliphatic rings. The Balaban J connectivity index is 2.51. The molecule has 1 fully saturated rings. The number of nitrogens with two attached hydrogens (primary N) is 1. The van der Waals surface area contributed by atoms with E-state index in [1.54, 1.807) is 0 Å². The predicted octanol–water partition coefficient (Wildman–Crippen LogP) is 0.0651. The average Bonchev–Trinajstić information content (AvgIpc) is 2.30. The first-order valence-corrected chi connectivity index (χ1v) is 4.10. The highest BCUT2D eigenvalue weighted by Gasteiger charge is 2.46. The summed E-state index contributed by atoms with van der Waals surface area (Å²) in [6, 6.07) is 0. The van der Waals surface area contributed by atoms with E-state index in [-0.39, 0.29) is 6.54 Å². The third-order valence-electron chi connectivity index (χ3n) is 1.40. The molecule has 1 aliphatic heterocycles. The molecule has 1 saturated heterocycles. The minimum atomic E-state index is -4.31. The first-order valence-electron chi connectivity index (χ1n) is 3.16. The number of amides is 1. The van der Waals surface area contributed by atoms with Gasteiger partial charge in [0.05, 0.1) is 5.25 Å². The Morgan fingerprint density at radius 1 is 1.58 bits per heavy atom. The molecule has 0 aliphatic carbocycles. The number of thioether (sulfide) groups is 1. The fourth-order valence-electron chi connectivity index (χ4n) is 0.835. The lowest BCUT2D eigenvalue weighted by Crippen LogP contribution is -2.35. The van der Waals surface area contributed by atoms with Crippen LogP contribution in [0.4, 0.5) is 13.2 Å². The zero-order valence-corrected chi connectivity index (χ0v) is 6.71. The number of hydrogen-bond acceptors (Lipinski definition) is 3. The van der Waals surface area contributed by atoms with E-state index in [4.69, 9.17) is 5.73 Å². The third-order valence-corrected chi connectivity index (χ3v) is 2.84. The molecule has 0 aromatic rings. The molecule has 7 heteroatoms. The quantitative estimate of drug-likeness (QED) is 0.629. The van der Waals surface area contributed by atoms with Crippen molar-refractivity contribution in [3.8, 4) is 0 Å². The van der Waals surface area contributed by atoms with Crippen molar-refractivity contribution < 1.29 is 18.0 Å². The van der Waals surface area contributed by atoms with Crippen molar-refractivity contribution >= 4 is 17.7 Å². The average molecular weight is 200 g/mol. The molecule has 2 unspecified atom stereocenters. The van der Waals surface area contributed by atoms with Gasteiger partial charge in [0.25, 0.3) is 0 Å². The monoisotopic (exact) mass is 200 g/mol. The van der Waals surface area contributed by atoms with Gasteiger partial charge in [-0.15, -0.1) is 11.8 Å². The van der Waals surface area contributed by atoms with Crippen LogP contribution >= 0.6 is 11.8 Å². The van der Waals surface area contributed by atoms with Crippen LogP contribution < -0.4 is 11.1 Å². The van der Waals surface area contributed by atoms with E-state index < -0.39 is 22.7 Å². The maximum Gasteiger partial charge on any atom is 0.413 e. The first-order chi connectivity index (χ1) is 5.41. The van der Waals surface area contributed by atoms with Crippen LogP contribution in [-0.4, -0.2) is 29.3 Å². The Hall–Kier alpha value is -0.430. The molecule has 0 radical (unpaired) electrons. The molecule has 0 aromatic heterocycles. The molecule has 0 spiro atoms. The molecule has 3 nitrogen and oxygen atoms in total. The topological polar surface area (TPSA) is 55.1 Å². The van der Waals surface area contributed by atoms with Crippen LogP contribution in [0.25, 0.3) is 0 Å². The highest BCUT2D eigenvalue weighted by atomic mass is 32.2. The molecule has 3 N–H and O–H groups in total. The van der Waals surface area contributed by atoms with Gasteiger partial charge >= 0.3 is 6.18 Å². The number of nitrogens with one attached hydrogen (secondary N) is 1. The lowest BCUT2D eigenvalue weighted by molar-refractivity contribution is -0.132. The molecule has 0 bridgehead atoms. The minimum Gasteiger partial charge on any atom is -0.369 e. The van der Waals surface area contributed by atoms with Crippen LogP contribution in [0.3, 0.4) is 0 Å². The van der Waals surface area contributed by atoms with Gasteiger partial charge < -0.3 is 5.73 Å². The molecule has 1 heterocycles. The highest BCUT2D eigenvalue weighted by Crippen LogP contribution is 2.34. The van der Waals surface area contributed by atoms with Crippen molar-refractivity contribution in [1.82, 2.24) is 5.32 Å². The van der Waals surface area contributed by atoms with E-state index in [9.17, 15) is 18.0 Å². The third kappa shape index (κ3) is 2.04. The Morgan fingerprint density at radius 3 is 2.42 bits per heavy atom. The summed E-state index contributed by atoms with van der Waals surface area (Å²) in [4.78, 5) is 10.5. The number of halogens is 3. The number of hydrogen-bond donors (Lipinski definition) is 2. The van der Waals surface area contributed by atoms with Gasteiger partial charge in [0.15, 0.2) is 5.37 Å². The number of carbonyl (C=O) groups is 1. The Morgan fingerprint density at radius 2 is 2.17 bits per heavy atom. The molecular formula is C5H7F3N2OS. The Bertz CT molecular complexity index is 196. The number of alkyl halides is 3. The van der Waals surface area contributed by atoms with Crippen molar-refractivity contribution in [1.29, 1.82) is 0 Å². The lowest BCUT2D eigenvalue weighted by atomic mass is 10.4. The van der Waals surface area contributed by atoms with Gasteiger partial charge in [0.2, 0.25) is 5.91 Å². The number of carbonyl (C=O) groups excluding carboxylic acids is 1. The van der Waals surface area contributed by atoms with E-state index >= 15 is 0 Å². The van der Waals surface area contributed by atoms with E-state index in [1.165, 1.54) is 0 Å². The fraction of sp³-hybridized carbons (Fsp3) is 0.800. The summed E-state index contributed by atoms with van der Waals surface area (Å²) in [5.74, 6) is -0.709. The van der Waals surface area contributed by atoms with E-state index in [0.717, 1.165) is 0 Å². The molecule has 0 saturated carbocycles. The van der Waals surface area contributed by atoms with Crippen molar-refractivity contribution in [2.24, 2.45) is 5.73 Å². The van der Waals surface area contributed by atoms with Crippen LogP contribution in [0.1, 0.15) is 0 Å². The minimum absolute atomic E-state index is 0.00975. The van der Waals surface area contributed by atoms with Crippen molar-refractivity contribution in [3.63, 3.8) is 0 Å². The summed E-state index contributed by atoms with van der Waals surface area (Å²) in [5, 5.41) is -0.259. The molecule has 2 atom stereocenters. The van der Waals surface area contributed by atoms with Crippen LogP contribution in [0.2, 0.25) is 0 Å². The van der Waals surface area contributed by atoms with Crippen molar-refractivity contribution in [2.45, 2.75) is 16.8 Å². The van der Waals surface area contributed by atoms with Gasteiger partial charge in [-0.3, -0.25) is 10.1 Å². The van der Waals surface area contributed by atoms with Crippen LogP contribution in [0.5, 0.6) is 0 Å². The summed E-state index contributed by atoms with van der Waals surface area (Å²) in [5.41, 5.74) is 4.84. The van der Waals surface area contributed by atoms with Crippen LogP contribution in [0, 0.1) is 0 Å². The SMILES string of the molecule is NC(=O)C1CNC(C(F)(F)F)S1. The first kappa shape index (κ1) is 9.66. The molecule has 70 valence electrons. The van der Waals surface area contributed by atoms with Gasteiger partial charge in [-0.05, 0) is 0 Å². The number of rotatable bonds is 1. The van der Waals surface area contributed by atoms with Crippen LogP contribution in [0.15, 0.2) is 0 Å².